The number of benzene rings is 4. The molecule has 0 bridgehead atoms. The van der Waals surface area contributed by atoms with Gasteiger partial charge in [0.25, 0.3) is 0 Å². The lowest BCUT2D eigenvalue weighted by Gasteiger charge is -2.26. The van der Waals surface area contributed by atoms with Crippen molar-refractivity contribution in [1.29, 1.82) is 0 Å². The van der Waals surface area contributed by atoms with E-state index in [1.165, 1.54) is 24.3 Å². The quantitative estimate of drug-likeness (QED) is 0.350. The van der Waals surface area contributed by atoms with Crippen molar-refractivity contribution in [2.45, 2.75) is 27.6 Å². The van der Waals surface area contributed by atoms with Crippen molar-refractivity contribution < 1.29 is 16.8 Å². The van der Waals surface area contributed by atoms with E-state index in [0.717, 1.165) is 5.56 Å². The summed E-state index contributed by atoms with van der Waals surface area (Å²) in [6.07, 6.45) is 0. The van der Waals surface area contributed by atoms with Crippen LogP contribution in [0.15, 0.2) is 125 Å². The monoisotopic (exact) mass is 506 g/mol. The number of hydrogen-bond acceptors (Lipinski definition) is 5. The average Bonchev–Trinajstić information content (AvgIpc) is 2.88. The second-order valence-corrected chi connectivity index (χ2v) is 11.8. The van der Waals surface area contributed by atoms with Crippen LogP contribution >= 0.6 is 0 Å². The molecule has 0 aliphatic rings. The molecule has 180 valence electrons. The summed E-state index contributed by atoms with van der Waals surface area (Å²) in [6, 6.07) is 31.0. The summed E-state index contributed by atoms with van der Waals surface area (Å²) in [4.78, 5) is 0.0614. The first-order valence-electron chi connectivity index (χ1n) is 11.0. The Labute approximate surface area is 206 Å². The maximum Gasteiger partial charge on any atom is 0.216 e. The SMILES string of the molecule is NC(c1ccccc1)C(NS(=O)(=O)Cc1ccccc1S(=O)(=O)c1ccccc1)c1ccccc1. The molecule has 8 heteroatoms. The zero-order valence-electron chi connectivity index (χ0n) is 18.9. The van der Waals surface area contributed by atoms with Gasteiger partial charge in [-0.3, -0.25) is 0 Å². The van der Waals surface area contributed by atoms with E-state index < -0.39 is 37.7 Å². The lowest BCUT2D eigenvalue weighted by atomic mass is 9.95. The van der Waals surface area contributed by atoms with Crippen molar-refractivity contribution in [2.75, 3.05) is 0 Å². The van der Waals surface area contributed by atoms with Crippen LogP contribution in [0.3, 0.4) is 0 Å². The van der Waals surface area contributed by atoms with Gasteiger partial charge in [0.15, 0.2) is 0 Å². The largest absolute Gasteiger partial charge is 0.322 e. The van der Waals surface area contributed by atoms with Gasteiger partial charge < -0.3 is 5.73 Å². The van der Waals surface area contributed by atoms with Gasteiger partial charge in [-0.05, 0) is 34.9 Å². The first-order chi connectivity index (χ1) is 16.8. The summed E-state index contributed by atoms with van der Waals surface area (Å²) in [5.41, 5.74) is 8.19. The van der Waals surface area contributed by atoms with E-state index in [4.69, 9.17) is 5.73 Å². The number of sulfonamides is 1. The highest BCUT2D eigenvalue weighted by molar-refractivity contribution is 7.91. The second kappa shape index (κ2) is 10.5. The van der Waals surface area contributed by atoms with Crippen LogP contribution in [-0.2, 0) is 25.6 Å². The molecule has 35 heavy (non-hydrogen) atoms. The highest BCUT2D eigenvalue weighted by Crippen LogP contribution is 2.29. The smallest absolute Gasteiger partial charge is 0.216 e. The van der Waals surface area contributed by atoms with E-state index >= 15 is 0 Å². The number of sulfone groups is 1. The maximum absolute atomic E-state index is 13.4. The van der Waals surface area contributed by atoms with E-state index in [9.17, 15) is 16.8 Å². The molecule has 0 radical (unpaired) electrons. The third-order valence-corrected chi connectivity index (χ3v) is 8.84. The number of nitrogens with one attached hydrogen (secondary N) is 1. The van der Waals surface area contributed by atoms with Crippen molar-refractivity contribution >= 4 is 19.9 Å². The molecule has 4 aromatic rings. The molecule has 0 aliphatic heterocycles. The molecule has 2 unspecified atom stereocenters. The molecule has 0 saturated carbocycles. The fourth-order valence-corrected chi connectivity index (χ4v) is 6.95. The highest BCUT2D eigenvalue weighted by atomic mass is 32.2. The summed E-state index contributed by atoms with van der Waals surface area (Å²) in [7, 11) is -7.89. The van der Waals surface area contributed by atoms with Crippen LogP contribution in [0.4, 0.5) is 0 Å². The molecule has 0 spiro atoms. The van der Waals surface area contributed by atoms with Gasteiger partial charge in [-0.2, -0.15) is 0 Å². The van der Waals surface area contributed by atoms with E-state index in [2.05, 4.69) is 4.72 Å². The van der Waals surface area contributed by atoms with Gasteiger partial charge in [0.2, 0.25) is 19.9 Å². The fraction of sp³-hybridized carbons (Fsp3) is 0.111. The Morgan fingerprint density at radius 2 is 1.11 bits per heavy atom. The van der Waals surface area contributed by atoms with Crippen LogP contribution in [0.25, 0.3) is 0 Å². The third-order valence-electron chi connectivity index (χ3n) is 5.67. The molecule has 0 fully saturated rings. The predicted octanol–water partition coefficient (Wildman–Crippen LogP) is 4.38. The van der Waals surface area contributed by atoms with Crippen LogP contribution in [-0.4, -0.2) is 16.8 Å². The van der Waals surface area contributed by atoms with Crippen molar-refractivity contribution in [2.24, 2.45) is 5.73 Å². The van der Waals surface area contributed by atoms with Gasteiger partial charge in [-0.1, -0.05) is 97.1 Å². The molecule has 0 heterocycles. The molecule has 0 saturated heterocycles. The highest BCUT2D eigenvalue weighted by Gasteiger charge is 2.29. The van der Waals surface area contributed by atoms with Gasteiger partial charge in [0.05, 0.1) is 27.6 Å². The lowest BCUT2D eigenvalue weighted by molar-refractivity contribution is 0.503. The van der Waals surface area contributed by atoms with E-state index in [-0.39, 0.29) is 15.4 Å². The fourth-order valence-electron chi connectivity index (χ4n) is 3.93. The minimum atomic E-state index is -3.99. The Bertz CT molecular complexity index is 1480. The summed E-state index contributed by atoms with van der Waals surface area (Å²) < 4.78 is 56.0. The molecule has 4 rings (SSSR count). The van der Waals surface area contributed by atoms with Crippen LogP contribution in [0.5, 0.6) is 0 Å². The summed E-state index contributed by atoms with van der Waals surface area (Å²) in [5, 5.41) is 0. The first-order valence-corrected chi connectivity index (χ1v) is 14.1. The Morgan fingerprint density at radius 3 is 1.71 bits per heavy atom. The second-order valence-electron chi connectivity index (χ2n) is 8.13. The summed E-state index contributed by atoms with van der Waals surface area (Å²) in [6.45, 7) is 0. The van der Waals surface area contributed by atoms with Crippen LogP contribution < -0.4 is 10.5 Å². The van der Waals surface area contributed by atoms with Gasteiger partial charge in [0, 0.05) is 0 Å². The molecule has 3 N–H and O–H groups in total. The Balaban J connectivity index is 1.67. The van der Waals surface area contributed by atoms with Crippen LogP contribution in [0.2, 0.25) is 0 Å². The molecular formula is C27H26N2O4S2. The van der Waals surface area contributed by atoms with Crippen LogP contribution in [0, 0.1) is 0 Å². The van der Waals surface area contributed by atoms with E-state index in [1.807, 2.05) is 60.7 Å². The molecule has 2 atom stereocenters. The zero-order valence-corrected chi connectivity index (χ0v) is 20.5. The Kier molecular flexibility index (Phi) is 7.47. The topological polar surface area (TPSA) is 106 Å². The minimum Gasteiger partial charge on any atom is -0.322 e. The van der Waals surface area contributed by atoms with Gasteiger partial charge >= 0.3 is 0 Å². The molecule has 0 aliphatic carbocycles. The van der Waals surface area contributed by atoms with Crippen molar-refractivity contribution in [1.82, 2.24) is 4.72 Å². The van der Waals surface area contributed by atoms with Gasteiger partial charge in [0.1, 0.15) is 0 Å². The Morgan fingerprint density at radius 1 is 0.629 bits per heavy atom. The summed E-state index contributed by atoms with van der Waals surface area (Å²) >= 11 is 0. The normalized spacial score (nSPS) is 13.7. The van der Waals surface area contributed by atoms with E-state index in [1.54, 1.807) is 30.3 Å². The van der Waals surface area contributed by atoms with Crippen molar-refractivity contribution in [3.63, 3.8) is 0 Å². The van der Waals surface area contributed by atoms with Crippen molar-refractivity contribution in [3.8, 4) is 0 Å². The van der Waals surface area contributed by atoms with Crippen LogP contribution in [0.1, 0.15) is 28.8 Å². The van der Waals surface area contributed by atoms with Crippen molar-refractivity contribution in [3.05, 3.63) is 132 Å². The number of hydrogen-bond donors (Lipinski definition) is 2. The average molecular weight is 507 g/mol. The molecular weight excluding hydrogens is 480 g/mol. The Hall–Kier alpha value is -3.30. The molecule has 0 aromatic heterocycles. The minimum absolute atomic E-state index is 0.0415. The third kappa shape index (κ3) is 5.86. The number of nitrogens with two attached hydrogens (primary N) is 1. The molecule has 6 nitrogen and oxygen atoms in total. The maximum atomic E-state index is 13.4. The lowest BCUT2D eigenvalue weighted by Crippen LogP contribution is -2.36. The van der Waals surface area contributed by atoms with Gasteiger partial charge in [-0.25, -0.2) is 21.6 Å². The predicted molar refractivity (Wildman–Crippen MR) is 137 cm³/mol. The number of rotatable bonds is 9. The standard InChI is InChI=1S/C27H26N2O4S2/c28-26(21-12-4-1-5-13-21)27(22-14-6-2-7-15-22)29-34(30,31)20-23-16-10-11-19-25(23)35(32,33)24-17-8-3-9-18-24/h1-19,26-27,29H,20,28H2. The molecule has 0 amide bonds. The summed E-state index contributed by atoms with van der Waals surface area (Å²) in [5.74, 6) is -0.514. The van der Waals surface area contributed by atoms with Gasteiger partial charge in [-0.15, -0.1) is 0 Å². The first kappa shape index (κ1) is 24.8. The molecule has 4 aromatic carbocycles. The zero-order chi connectivity index (χ0) is 24.9. The van der Waals surface area contributed by atoms with E-state index in [0.29, 0.717) is 5.56 Å².